The number of carbonyl (C=O) groups is 2. The summed E-state index contributed by atoms with van der Waals surface area (Å²) < 4.78 is 1.15. The summed E-state index contributed by atoms with van der Waals surface area (Å²) in [5.74, 6) is -1.94. The molecule has 2 aromatic rings. The Balaban J connectivity index is 2.18. The van der Waals surface area contributed by atoms with Gasteiger partial charge in [0.25, 0.3) is 5.91 Å². The fraction of sp³-hybridized carbons (Fsp3) is 0.0833. The second-order valence-electron chi connectivity index (χ2n) is 4.08. The normalized spacial score (nSPS) is 10.1. The lowest BCUT2D eigenvalue weighted by molar-refractivity contribution is -0.391. The zero-order valence-corrected chi connectivity index (χ0v) is 10.8. The van der Waals surface area contributed by atoms with Crippen LogP contribution in [-0.4, -0.2) is 31.5 Å². The van der Waals surface area contributed by atoms with E-state index in [1.54, 1.807) is 0 Å². The third-order valence-corrected chi connectivity index (χ3v) is 2.76. The minimum Gasteiger partial charge on any atom is -0.477 e. The van der Waals surface area contributed by atoms with Gasteiger partial charge in [-0.3, -0.25) is 4.79 Å². The van der Waals surface area contributed by atoms with Gasteiger partial charge < -0.3 is 20.5 Å². The summed E-state index contributed by atoms with van der Waals surface area (Å²) in [4.78, 5) is 36.4. The average Bonchev–Trinajstić information content (AvgIpc) is 2.81. The van der Waals surface area contributed by atoms with Gasteiger partial charge in [-0.05, 0) is 23.1 Å². The van der Waals surface area contributed by atoms with Crippen LogP contribution in [0, 0.1) is 10.1 Å². The highest BCUT2D eigenvalue weighted by Gasteiger charge is 2.20. The molecule has 0 aliphatic heterocycles. The van der Waals surface area contributed by atoms with Crippen LogP contribution >= 0.6 is 0 Å². The van der Waals surface area contributed by atoms with Crippen molar-refractivity contribution in [3.05, 3.63) is 52.0 Å². The number of hydrogen-bond acceptors (Lipinski definition) is 5. The van der Waals surface area contributed by atoms with Crippen molar-refractivity contribution in [1.29, 1.82) is 0 Å². The second kappa shape index (κ2) is 5.41. The molecule has 0 bridgehead atoms. The molecule has 0 aliphatic carbocycles. The Morgan fingerprint density at radius 3 is 2.52 bits per heavy atom. The Morgan fingerprint density at radius 1 is 1.33 bits per heavy atom. The molecule has 0 atom stereocenters. The molecule has 0 saturated heterocycles. The van der Waals surface area contributed by atoms with Gasteiger partial charge in [0.05, 0.1) is 18.9 Å². The zero-order chi connectivity index (χ0) is 15.6. The van der Waals surface area contributed by atoms with Crippen LogP contribution in [0.25, 0.3) is 0 Å². The van der Waals surface area contributed by atoms with E-state index in [4.69, 9.17) is 5.11 Å². The topological polar surface area (TPSA) is 127 Å². The van der Waals surface area contributed by atoms with E-state index >= 15 is 0 Å². The van der Waals surface area contributed by atoms with E-state index in [1.807, 2.05) is 0 Å². The average molecular weight is 290 g/mol. The highest BCUT2D eigenvalue weighted by molar-refractivity contribution is 6.03. The molecule has 1 amide bonds. The standard InChI is InChI=1S/C12H10N4O5/c1-15-9(4-5-10(15)16(20)21)11(17)14-7-2-3-8(12(18)19)13-6-7/h2-6H,1H3,(H,14,17)(H,18,19). The number of amides is 1. The van der Waals surface area contributed by atoms with Crippen LogP contribution in [0.1, 0.15) is 21.0 Å². The zero-order valence-electron chi connectivity index (χ0n) is 10.8. The Bertz CT molecular complexity index is 720. The van der Waals surface area contributed by atoms with Crippen LogP contribution < -0.4 is 5.32 Å². The number of hydrogen-bond donors (Lipinski definition) is 2. The molecular formula is C12H10N4O5. The van der Waals surface area contributed by atoms with Gasteiger partial charge in [0.2, 0.25) is 0 Å². The first-order chi connectivity index (χ1) is 9.90. The van der Waals surface area contributed by atoms with E-state index in [1.165, 1.54) is 37.5 Å². The smallest absolute Gasteiger partial charge is 0.354 e. The van der Waals surface area contributed by atoms with Crippen molar-refractivity contribution in [2.24, 2.45) is 7.05 Å². The molecule has 2 N–H and O–H groups in total. The van der Waals surface area contributed by atoms with E-state index in [0.29, 0.717) is 0 Å². The van der Waals surface area contributed by atoms with Crippen LogP contribution in [0.2, 0.25) is 0 Å². The maximum atomic E-state index is 12.0. The predicted molar refractivity (Wildman–Crippen MR) is 71.2 cm³/mol. The van der Waals surface area contributed by atoms with Crippen LogP contribution in [-0.2, 0) is 7.05 Å². The van der Waals surface area contributed by atoms with Gasteiger partial charge in [-0.2, -0.15) is 0 Å². The third-order valence-electron chi connectivity index (χ3n) is 2.76. The molecular weight excluding hydrogens is 280 g/mol. The number of aromatic carboxylic acids is 1. The summed E-state index contributed by atoms with van der Waals surface area (Å²) in [5.41, 5.74) is 0.236. The van der Waals surface area contributed by atoms with E-state index < -0.39 is 16.8 Å². The number of carboxylic acid groups (broad SMARTS) is 1. The number of nitrogens with zero attached hydrogens (tertiary/aromatic N) is 3. The lowest BCUT2D eigenvalue weighted by Crippen LogP contribution is -2.16. The van der Waals surface area contributed by atoms with Crippen molar-refractivity contribution >= 4 is 23.4 Å². The number of carboxylic acids is 1. The lowest BCUT2D eigenvalue weighted by Gasteiger charge is -2.04. The lowest BCUT2D eigenvalue weighted by atomic mass is 10.3. The van der Waals surface area contributed by atoms with Gasteiger partial charge in [0.1, 0.15) is 5.69 Å². The van der Waals surface area contributed by atoms with Gasteiger partial charge in [-0.25, -0.2) is 14.3 Å². The van der Waals surface area contributed by atoms with E-state index in [0.717, 1.165) is 4.57 Å². The summed E-state index contributed by atoms with van der Waals surface area (Å²) in [6.07, 6.45) is 1.19. The molecule has 0 radical (unpaired) electrons. The van der Waals surface area contributed by atoms with E-state index in [-0.39, 0.29) is 22.9 Å². The fourth-order valence-electron chi connectivity index (χ4n) is 1.70. The Labute approximate surface area is 118 Å². The molecule has 2 heterocycles. The Kier molecular flexibility index (Phi) is 3.65. The van der Waals surface area contributed by atoms with Gasteiger partial charge in [0, 0.05) is 6.07 Å². The largest absolute Gasteiger partial charge is 0.477 e. The molecule has 0 unspecified atom stereocenters. The summed E-state index contributed by atoms with van der Waals surface area (Å²) in [6, 6.07) is 5.17. The third kappa shape index (κ3) is 2.86. The van der Waals surface area contributed by atoms with Gasteiger partial charge in [-0.15, -0.1) is 0 Å². The van der Waals surface area contributed by atoms with Crippen molar-refractivity contribution in [2.45, 2.75) is 0 Å². The molecule has 108 valence electrons. The Morgan fingerprint density at radius 2 is 2.05 bits per heavy atom. The van der Waals surface area contributed by atoms with Crippen LogP contribution in [0.5, 0.6) is 0 Å². The maximum absolute atomic E-state index is 12.0. The first-order valence-corrected chi connectivity index (χ1v) is 5.71. The SMILES string of the molecule is Cn1c(C(=O)Nc2ccc(C(=O)O)nc2)ccc1[N+](=O)[O-]. The van der Waals surface area contributed by atoms with Gasteiger partial charge >= 0.3 is 11.8 Å². The minimum absolute atomic E-state index is 0.101. The first-order valence-electron chi connectivity index (χ1n) is 5.71. The summed E-state index contributed by atoms with van der Waals surface area (Å²) in [6.45, 7) is 0. The van der Waals surface area contributed by atoms with Crippen molar-refractivity contribution in [3.8, 4) is 0 Å². The Hall–Kier alpha value is -3.23. The molecule has 9 nitrogen and oxygen atoms in total. The monoisotopic (exact) mass is 290 g/mol. The molecule has 21 heavy (non-hydrogen) atoms. The quantitative estimate of drug-likeness (QED) is 0.644. The highest BCUT2D eigenvalue weighted by Crippen LogP contribution is 2.16. The number of anilines is 1. The van der Waals surface area contributed by atoms with Crippen LogP contribution in [0.15, 0.2) is 30.5 Å². The van der Waals surface area contributed by atoms with Crippen LogP contribution in [0.3, 0.4) is 0 Å². The highest BCUT2D eigenvalue weighted by atomic mass is 16.6. The molecule has 2 rings (SSSR count). The number of pyridine rings is 1. The molecule has 0 spiro atoms. The van der Waals surface area contributed by atoms with Crippen LogP contribution in [0.4, 0.5) is 11.5 Å². The van der Waals surface area contributed by atoms with Crippen molar-refractivity contribution in [2.75, 3.05) is 5.32 Å². The molecule has 0 saturated carbocycles. The summed E-state index contributed by atoms with van der Waals surface area (Å²) in [7, 11) is 1.40. The van der Waals surface area contributed by atoms with Crippen molar-refractivity contribution in [1.82, 2.24) is 9.55 Å². The van der Waals surface area contributed by atoms with Gasteiger partial charge in [-0.1, -0.05) is 0 Å². The van der Waals surface area contributed by atoms with E-state index in [9.17, 15) is 19.7 Å². The number of nitro groups is 1. The van der Waals surface area contributed by atoms with Crippen molar-refractivity contribution in [3.63, 3.8) is 0 Å². The number of carbonyl (C=O) groups excluding carboxylic acids is 1. The molecule has 0 aromatic carbocycles. The van der Waals surface area contributed by atoms with Gasteiger partial charge in [0.15, 0.2) is 5.69 Å². The molecule has 0 aliphatic rings. The second-order valence-corrected chi connectivity index (χ2v) is 4.08. The molecule has 0 fully saturated rings. The molecule has 2 aromatic heterocycles. The summed E-state index contributed by atoms with van der Waals surface area (Å²) >= 11 is 0. The fourth-order valence-corrected chi connectivity index (χ4v) is 1.70. The summed E-state index contributed by atoms with van der Waals surface area (Å²) in [5, 5.41) is 21.9. The first kappa shape index (κ1) is 14.2. The van der Waals surface area contributed by atoms with Crippen molar-refractivity contribution < 1.29 is 19.6 Å². The number of nitrogens with one attached hydrogen (secondary N) is 1. The predicted octanol–water partition coefficient (Wildman–Crippen LogP) is 1.28. The number of aromatic nitrogens is 2. The van der Waals surface area contributed by atoms with E-state index in [2.05, 4.69) is 10.3 Å². The number of rotatable bonds is 4. The minimum atomic E-state index is -1.18. The molecule has 9 heteroatoms. The maximum Gasteiger partial charge on any atom is 0.354 e.